The second kappa shape index (κ2) is 9.13. The number of nitrogens with zero attached hydrogens (tertiary/aromatic N) is 2. The van der Waals surface area contributed by atoms with Gasteiger partial charge in [-0.1, -0.05) is 24.9 Å². The molecule has 0 amide bonds. The summed E-state index contributed by atoms with van der Waals surface area (Å²) in [4.78, 5) is 5.29. The summed E-state index contributed by atoms with van der Waals surface area (Å²) >= 11 is 0. The topological polar surface area (TPSA) is 71.0 Å². The molecule has 0 atom stereocenters. The molecule has 6 nitrogen and oxygen atoms in total. The van der Waals surface area contributed by atoms with Gasteiger partial charge in [-0.05, 0) is 25.7 Å². The molecule has 0 aromatic rings. The zero-order valence-electron chi connectivity index (χ0n) is 13.9. The summed E-state index contributed by atoms with van der Waals surface area (Å²) < 4.78 is 24.4. The van der Waals surface area contributed by atoms with Crippen LogP contribution >= 0.6 is 0 Å². The summed E-state index contributed by atoms with van der Waals surface area (Å²) in [5.41, 5.74) is 0.754. The van der Waals surface area contributed by atoms with Crippen molar-refractivity contribution in [2.75, 3.05) is 32.5 Å². The second-order valence-corrected chi connectivity index (χ2v) is 7.71. The Balaban J connectivity index is 2.23. The third-order valence-electron chi connectivity index (χ3n) is 3.51. The fourth-order valence-electron chi connectivity index (χ4n) is 2.22. The quantitative estimate of drug-likeness (QED) is 0.328. The van der Waals surface area contributed by atoms with Crippen molar-refractivity contribution in [1.29, 1.82) is 0 Å². The van der Waals surface area contributed by atoms with Crippen molar-refractivity contribution in [3.05, 3.63) is 0 Å². The number of hydrogen-bond donors (Lipinski definition) is 1. The molecule has 0 unspecified atom stereocenters. The van der Waals surface area contributed by atoms with Gasteiger partial charge in [-0.25, -0.2) is 12.7 Å². The van der Waals surface area contributed by atoms with Crippen molar-refractivity contribution in [2.45, 2.75) is 39.7 Å². The molecule has 22 heavy (non-hydrogen) atoms. The van der Waals surface area contributed by atoms with Crippen LogP contribution in [0.1, 0.15) is 33.6 Å². The molecule has 1 N–H and O–H groups in total. The first-order valence-electron chi connectivity index (χ1n) is 7.65. The van der Waals surface area contributed by atoms with Crippen LogP contribution in [-0.4, -0.2) is 57.0 Å². The highest BCUT2D eigenvalue weighted by Gasteiger charge is 2.24. The lowest BCUT2D eigenvalue weighted by atomic mass is 10.1. The SMILES string of the molecule is CC#C/C(=N\OCCNC1CCN(S(C)(=O)=O)CC1)C(C)C. The fourth-order valence-corrected chi connectivity index (χ4v) is 3.09. The van der Waals surface area contributed by atoms with E-state index in [1.807, 2.05) is 13.8 Å². The maximum atomic E-state index is 11.4. The Morgan fingerprint density at radius 2 is 2.05 bits per heavy atom. The zero-order chi connectivity index (χ0) is 16.6. The number of nitrogens with one attached hydrogen (secondary N) is 1. The Bertz CT molecular complexity index is 524. The van der Waals surface area contributed by atoms with E-state index in [1.165, 1.54) is 10.6 Å². The highest BCUT2D eigenvalue weighted by atomic mass is 32.2. The van der Waals surface area contributed by atoms with Gasteiger partial charge in [0.1, 0.15) is 12.3 Å². The van der Waals surface area contributed by atoms with E-state index in [0.717, 1.165) is 18.6 Å². The predicted octanol–water partition coefficient (Wildman–Crippen LogP) is 1.05. The fraction of sp³-hybridized carbons (Fsp3) is 0.800. The molecule has 0 radical (unpaired) electrons. The molecule has 0 saturated carbocycles. The van der Waals surface area contributed by atoms with Gasteiger partial charge in [0.15, 0.2) is 0 Å². The molecule has 1 heterocycles. The van der Waals surface area contributed by atoms with E-state index in [4.69, 9.17) is 4.84 Å². The van der Waals surface area contributed by atoms with Gasteiger partial charge in [-0.15, -0.1) is 0 Å². The van der Waals surface area contributed by atoms with E-state index >= 15 is 0 Å². The van der Waals surface area contributed by atoms with Crippen LogP contribution in [-0.2, 0) is 14.9 Å². The number of piperidine rings is 1. The van der Waals surface area contributed by atoms with Crippen LogP contribution in [0.25, 0.3) is 0 Å². The third kappa shape index (κ3) is 6.77. The van der Waals surface area contributed by atoms with Crippen molar-refractivity contribution in [3.8, 4) is 11.8 Å². The molecule has 0 aliphatic carbocycles. The minimum Gasteiger partial charge on any atom is -0.394 e. The van der Waals surface area contributed by atoms with Crippen LogP contribution in [0.15, 0.2) is 5.16 Å². The highest BCUT2D eigenvalue weighted by Crippen LogP contribution is 2.12. The number of oxime groups is 1. The van der Waals surface area contributed by atoms with Gasteiger partial charge in [-0.3, -0.25) is 0 Å². The van der Waals surface area contributed by atoms with E-state index in [-0.39, 0.29) is 5.92 Å². The minimum absolute atomic E-state index is 0.251. The summed E-state index contributed by atoms with van der Waals surface area (Å²) in [6, 6.07) is 0.339. The lowest BCUT2D eigenvalue weighted by Crippen LogP contribution is -2.45. The zero-order valence-corrected chi connectivity index (χ0v) is 14.7. The van der Waals surface area contributed by atoms with Crippen molar-refractivity contribution in [3.63, 3.8) is 0 Å². The lowest BCUT2D eigenvalue weighted by Gasteiger charge is -2.30. The first kappa shape index (κ1) is 18.9. The molecule has 0 aromatic heterocycles. The number of sulfonamides is 1. The van der Waals surface area contributed by atoms with Gasteiger partial charge in [-0.2, -0.15) is 0 Å². The monoisotopic (exact) mass is 329 g/mol. The normalized spacial score (nSPS) is 18.1. The smallest absolute Gasteiger partial charge is 0.211 e. The Labute approximate surface area is 134 Å². The van der Waals surface area contributed by atoms with Crippen molar-refractivity contribution in [1.82, 2.24) is 9.62 Å². The summed E-state index contributed by atoms with van der Waals surface area (Å²) in [6.45, 7) is 8.17. The Morgan fingerprint density at radius 3 is 2.55 bits per heavy atom. The summed E-state index contributed by atoms with van der Waals surface area (Å²) in [5.74, 6) is 6.01. The summed E-state index contributed by atoms with van der Waals surface area (Å²) in [7, 11) is -3.05. The van der Waals surface area contributed by atoms with Crippen molar-refractivity contribution < 1.29 is 13.3 Å². The second-order valence-electron chi connectivity index (χ2n) is 5.73. The van der Waals surface area contributed by atoms with Gasteiger partial charge in [0.05, 0.1) is 6.26 Å². The molecular weight excluding hydrogens is 302 g/mol. The standard InChI is InChI=1S/C15H27N3O3S/c1-5-6-15(13(2)3)17-21-12-9-16-14-7-10-18(11-8-14)22(4,19)20/h13-14,16H,7-12H2,1-4H3/b17-15+. The molecule has 126 valence electrons. The summed E-state index contributed by atoms with van der Waals surface area (Å²) in [5, 5.41) is 7.43. The average molecular weight is 329 g/mol. The third-order valence-corrected chi connectivity index (χ3v) is 4.82. The van der Waals surface area contributed by atoms with Crippen molar-refractivity contribution in [2.24, 2.45) is 11.1 Å². The molecule has 0 spiro atoms. The van der Waals surface area contributed by atoms with E-state index in [1.54, 1.807) is 6.92 Å². The lowest BCUT2D eigenvalue weighted by molar-refractivity contribution is 0.140. The van der Waals surface area contributed by atoms with Gasteiger partial charge in [0.2, 0.25) is 10.0 Å². The number of rotatable bonds is 7. The maximum absolute atomic E-state index is 11.4. The maximum Gasteiger partial charge on any atom is 0.211 e. The molecule has 1 aliphatic rings. The van der Waals surface area contributed by atoms with Crippen LogP contribution < -0.4 is 5.32 Å². The van der Waals surface area contributed by atoms with Crippen LogP contribution in [0, 0.1) is 17.8 Å². The minimum atomic E-state index is -3.05. The first-order valence-corrected chi connectivity index (χ1v) is 9.50. The van der Waals surface area contributed by atoms with Gasteiger partial charge < -0.3 is 10.2 Å². The highest BCUT2D eigenvalue weighted by molar-refractivity contribution is 7.88. The molecule has 1 rings (SSSR count). The van der Waals surface area contributed by atoms with Gasteiger partial charge in [0, 0.05) is 31.6 Å². The van der Waals surface area contributed by atoms with E-state index in [0.29, 0.717) is 32.3 Å². The van der Waals surface area contributed by atoms with Crippen LogP contribution in [0.4, 0.5) is 0 Å². The van der Waals surface area contributed by atoms with Gasteiger partial charge >= 0.3 is 0 Å². The van der Waals surface area contributed by atoms with Crippen LogP contribution in [0.2, 0.25) is 0 Å². The largest absolute Gasteiger partial charge is 0.394 e. The molecule has 1 saturated heterocycles. The predicted molar refractivity (Wildman–Crippen MR) is 89.1 cm³/mol. The molecular formula is C15H27N3O3S. The average Bonchev–Trinajstić information content (AvgIpc) is 2.45. The Hall–Kier alpha value is -1.10. The Kier molecular flexibility index (Phi) is 7.87. The first-order chi connectivity index (χ1) is 10.3. The van der Waals surface area contributed by atoms with Gasteiger partial charge in [0.25, 0.3) is 0 Å². The molecule has 1 aliphatic heterocycles. The molecule has 7 heteroatoms. The Morgan fingerprint density at radius 1 is 1.41 bits per heavy atom. The van der Waals surface area contributed by atoms with Crippen LogP contribution in [0.5, 0.6) is 0 Å². The van der Waals surface area contributed by atoms with Crippen molar-refractivity contribution >= 4 is 15.7 Å². The molecule has 0 bridgehead atoms. The van der Waals surface area contributed by atoms with E-state index in [9.17, 15) is 8.42 Å². The van der Waals surface area contributed by atoms with E-state index in [2.05, 4.69) is 22.3 Å². The number of hydrogen-bond acceptors (Lipinski definition) is 5. The molecule has 0 aromatic carbocycles. The van der Waals surface area contributed by atoms with E-state index < -0.39 is 10.0 Å². The van der Waals surface area contributed by atoms with Crippen LogP contribution in [0.3, 0.4) is 0 Å². The summed E-state index contributed by atoms with van der Waals surface area (Å²) in [6.07, 6.45) is 2.92. The molecule has 1 fully saturated rings.